The second-order valence-electron chi connectivity index (χ2n) is 11.3. The molecule has 9 amide bonds. The maximum atomic E-state index is 11.1. The third-order valence-electron chi connectivity index (χ3n) is 6.06. The molecule has 21 nitrogen and oxygen atoms in total. The van der Waals surface area contributed by atoms with E-state index in [2.05, 4.69) is 36.7 Å². The van der Waals surface area contributed by atoms with E-state index in [4.69, 9.17) is 5.11 Å². The third kappa shape index (κ3) is 53.1. The van der Waals surface area contributed by atoms with Crippen molar-refractivity contribution in [3.05, 3.63) is 0 Å². The summed E-state index contributed by atoms with van der Waals surface area (Å²) in [4.78, 5) is 111. The Balaban J connectivity index is -0.000000132. The smallest absolute Gasteiger partial charge is 0.322 e. The van der Waals surface area contributed by atoms with Gasteiger partial charge in [0.25, 0.3) is 0 Å². The SMILES string of the molecule is CCN(C)C(=O)CN(C)C=O.CCN(C)C(=O)CN(C)C=O.CCN(C)C(=O)CNC=O.CCNC(=O)CN(C)C=O.CCNC(C)C.O=CNCC(=O)O. The summed E-state index contributed by atoms with van der Waals surface area (Å²) >= 11 is 0. The van der Waals surface area contributed by atoms with Crippen LogP contribution in [0.4, 0.5) is 0 Å². The van der Waals surface area contributed by atoms with E-state index < -0.39 is 5.97 Å². The van der Waals surface area contributed by atoms with Crippen molar-refractivity contribution in [2.45, 2.75) is 54.5 Å². The molecule has 0 fully saturated rings. The van der Waals surface area contributed by atoms with E-state index in [1.165, 1.54) is 19.6 Å². The zero-order valence-corrected chi connectivity index (χ0v) is 35.2. The number of amides is 9. The monoisotopic (exact) mass is 795 g/mol. The number of carbonyl (C=O) groups excluding carboxylic acids is 9. The van der Waals surface area contributed by atoms with Crippen molar-refractivity contribution in [1.82, 2.24) is 50.7 Å². The van der Waals surface area contributed by atoms with Crippen molar-refractivity contribution in [3.63, 3.8) is 0 Å². The average Bonchev–Trinajstić information content (AvgIpc) is 3.15. The van der Waals surface area contributed by atoms with Crippen molar-refractivity contribution in [2.24, 2.45) is 0 Å². The van der Waals surface area contributed by atoms with Crippen molar-refractivity contribution < 1.29 is 53.1 Å². The number of carbonyl (C=O) groups is 10. The number of hydrogen-bond donors (Lipinski definition) is 5. The third-order valence-corrected chi connectivity index (χ3v) is 6.06. The highest BCUT2D eigenvalue weighted by Crippen LogP contribution is 1.86. The Morgan fingerprint density at radius 2 is 0.891 bits per heavy atom. The van der Waals surface area contributed by atoms with Gasteiger partial charge in [-0.3, -0.25) is 47.9 Å². The van der Waals surface area contributed by atoms with Gasteiger partial charge in [0.15, 0.2) is 0 Å². The topological polar surface area (TPSA) is 258 Å². The minimum Gasteiger partial charge on any atom is -0.480 e. The van der Waals surface area contributed by atoms with Crippen LogP contribution in [0.5, 0.6) is 0 Å². The molecule has 0 saturated carbocycles. The number of rotatable bonds is 21. The summed E-state index contributed by atoms with van der Waals surface area (Å²) < 4.78 is 0. The van der Waals surface area contributed by atoms with Gasteiger partial charge in [-0.05, 0) is 34.2 Å². The molecule has 0 aliphatic rings. The van der Waals surface area contributed by atoms with Crippen LogP contribution >= 0.6 is 0 Å². The van der Waals surface area contributed by atoms with Crippen LogP contribution in [0.3, 0.4) is 0 Å². The first kappa shape index (κ1) is 61.7. The van der Waals surface area contributed by atoms with E-state index in [0.29, 0.717) is 64.3 Å². The summed E-state index contributed by atoms with van der Waals surface area (Å²) in [5.41, 5.74) is 0. The van der Waals surface area contributed by atoms with Gasteiger partial charge in [-0.15, -0.1) is 0 Å². The second-order valence-corrected chi connectivity index (χ2v) is 11.3. The summed E-state index contributed by atoms with van der Waals surface area (Å²) in [7, 11) is 9.82. The molecule has 0 aromatic heterocycles. The van der Waals surface area contributed by atoms with E-state index in [1.54, 1.807) is 52.1 Å². The standard InChI is InChI=1S/2C7H14N2O2.2C6H12N2O2.C5H13N.C3H5NO3/c2*1-4-9(3)7(11)5-8(2)6-10;1-3-8(2)6(10)4-7-5-9;1-3-7-6(10)4-8(2)5-9;1-4-6-5(2)3;5-2-4-1-3(6)7/h2*6H,4-5H2,1-3H3;5H,3-4H2,1-2H3,(H,7,9);5H,3-4H2,1-2H3,(H,7,10);5-6H,4H2,1-3H3;2H,1H2,(H,4,5)(H,6,7). The number of carboxylic acids is 1. The molecular formula is C34H70N10O11. The molecule has 0 spiro atoms. The van der Waals surface area contributed by atoms with Crippen LogP contribution in [-0.2, 0) is 47.9 Å². The van der Waals surface area contributed by atoms with Gasteiger partial charge in [0.2, 0.25) is 55.7 Å². The quantitative estimate of drug-likeness (QED) is 0.0747. The minimum atomic E-state index is -1.04. The first-order valence-electron chi connectivity index (χ1n) is 17.4. The van der Waals surface area contributed by atoms with E-state index in [0.717, 1.165) is 6.54 Å². The molecule has 0 aliphatic carbocycles. The van der Waals surface area contributed by atoms with Gasteiger partial charge in [-0.25, -0.2) is 0 Å². The van der Waals surface area contributed by atoms with Gasteiger partial charge >= 0.3 is 5.97 Å². The Bertz CT molecular complexity index is 1020. The molecule has 322 valence electrons. The van der Waals surface area contributed by atoms with E-state index in [9.17, 15) is 47.9 Å². The van der Waals surface area contributed by atoms with Gasteiger partial charge in [-0.2, -0.15) is 0 Å². The molecule has 0 bridgehead atoms. The van der Waals surface area contributed by atoms with Crippen LogP contribution in [0.15, 0.2) is 0 Å². The normalized spacial score (nSPS) is 8.76. The van der Waals surface area contributed by atoms with E-state index in [-0.39, 0.29) is 56.4 Å². The van der Waals surface area contributed by atoms with Gasteiger partial charge in [0.05, 0.1) is 26.2 Å². The van der Waals surface area contributed by atoms with Crippen LogP contribution in [0.2, 0.25) is 0 Å². The molecule has 0 aromatic carbocycles. The Hall–Kier alpha value is -5.34. The van der Waals surface area contributed by atoms with Crippen molar-refractivity contribution in [3.8, 4) is 0 Å². The fourth-order valence-corrected chi connectivity index (χ4v) is 2.59. The summed E-state index contributed by atoms with van der Waals surface area (Å²) in [6.45, 7) is 17.8. The largest absolute Gasteiger partial charge is 0.480 e. The molecule has 0 rings (SSSR count). The number of likely N-dealkylation sites (N-methyl/N-ethyl adjacent to an activating group) is 7. The fourth-order valence-electron chi connectivity index (χ4n) is 2.59. The first-order valence-corrected chi connectivity index (χ1v) is 17.4. The molecule has 0 radical (unpaired) electrons. The molecular weight excluding hydrogens is 724 g/mol. The van der Waals surface area contributed by atoms with Crippen LogP contribution in [-0.4, -0.2) is 210 Å². The number of nitrogens with one attached hydrogen (secondary N) is 4. The minimum absolute atomic E-state index is 0.0397. The molecule has 55 heavy (non-hydrogen) atoms. The highest BCUT2D eigenvalue weighted by Gasteiger charge is 2.08. The Morgan fingerprint density at radius 3 is 1.13 bits per heavy atom. The van der Waals surface area contributed by atoms with E-state index in [1.807, 2.05) is 33.0 Å². The lowest BCUT2D eigenvalue weighted by molar-refractivity contribution is -0.137. The summed E-state index contributed by atoms with van der Waals surface area (Å²) in [5.74, 6) is -1.32. The first-order chi connectivity index (χ1) is 25.7. The van der Waals surface area contributed by atoms with Crippen LogP contribution in [0.25, 0.3) is 0 Å². The number of aliphatic carboxylic acids is 1. The molecule has 0 aromatic rings. The summed E-state index contributed by atoms with van der Waals surface area (Å²) in [6.07, 6.45) is 2.76. The van der Waals surface area contributed by atoms with Crippen molar-refractivity contribution in [2.75, 3.05) is 108 Å². The maximum absolute atomic E-state index is 11.1. The Labute approximate surface area is 327 Å². The fraction of sp³-hybridized carbons (Fsp3) is 0.706. The number of carboxylic acid groups (broad SMARTS) is 1. The average molecular weight is 795 g/mol. The van der Waals surface area contributed by atoms with Crippen molar-refractivity contribution >= 4 is 61.6 Å². The zero-order valence-electron chi connectivity index (χ0n) is 35.2. The molecule has 5 N–H and O–H groups in total. The Kier molecular flexibility index (Phi) is 50.3. The second kappa shape index (κ2) is 44.8. The maximum Gasteiger partial charge on any atom is 0.322 e. The Morgan fingerprint density at radius 1 is 0.545 bits per heavy atom. The summed E-state index contributed by atoms with van der Waals surface area (Å²) in [5, 5.41) is 17.9. The zero-order chi connectivity index (χ0) is 44.4. The predicted molar refractivity (Wildman–Crippen MR) is 209 cm³/mol. The van der Waals surface area contributed by atoms with Gasteiger partial charge in [-0.1, -0.05) is 20.8 Å². The lowest BCUT2D eigenvalue weighted by atomic mass is 10.4. The molecule has 0 unspecified atom stereocenters. The lowest BCUT2D eigenvalue weighted by Gasteiger charge is -2.17. The van der Waals surface area contributed by atoms with E-state index >= 15 is 0 Å². The molecule has 0 atom stereocenters. The summed E-state index contributed by atoms with van der Waals surface area (Å²) in [6, 6.07) is 0.648. The molecule has 0 heterocycles. The molecule has 0 saturated heterocycles. The van der Waals surface area contributed by atoms with Crippen LogP contribution in [0, 0.1) is 0 Å². The highest BCUT2D eigenvalue weighted by atomic mass is 16.4. The van der Waals surface area contributed by atoms with Gasteiger partial charge in [0.1, 0.15) is 6.54 Å². The lowest BCUT2D eigenvalue weighted by Crippen LogP contribution is -2.35. The van der Waals surface area contributed by atoms with Gasteiger partial charge in [0, 0.05) is 74.5 Å². The predicted octanol–water partition coefficient (Wildman–Crippen LogP) is -2.65. The molecule has 21 heteroatoms. The number of nitrogens with zero attached hydrogens (tertiary/aromatic N) is 6. The van der Waals surface area contributed by atoms with Crippen LogP contribution < -0.4 is 21.3 Å². The number of hydrogen-bond acceptors (Lipinski definition) is 11. The van der Waals surface area contributed by atoms with Crippen molar-refractivity contribution in [1.29, 1.82) is 0 Å². The van der Waals surface area contributed by atoms with Gasteiger partial charge < -0.3 is 55.8 Å². The highest BCUT2D eigenvalue weighted by molar-refractivity contribution is 5.81. The van der Waals surface area contributed by atoms with Crippen LogP contribution in [0.1, 0.15) is 48.5 Å². The molecule has 0 aliphatic heterocycles.